The molecule has 0 aliphatic carbocycles. The number of esters is 1. The molecule has 1 unspecified atom stereocenters. The molecule has 0 amide bonds. The Kier molecular flexibility index (Phi) is 7.75. The zero-order valence-electron chi connectivity index (χ0n) is 17.2. The van der Waals surface area contributed by atoms with E-state index in [1.54, 1.807) is 0 Å². The first kappa shape index (κ1) is 22.1. The molecule has 152 valence electrons. The zero-order chi connectivity index (χ0) is 20.6. The number of rotatable bonds is 10. The Morgan fingerprint density at radius 1 is 1.00 bits per heavy atom. The van der Waals surface area contributed by atoms with Gasteiger partial charge in [-0.3, -0.25) is 4.79 Å². The van der Waals surface area contributed by atoms with E-state index in [-0.39, 0.29) is 12.6 Å². The van der Waals surface area contributed by atoms with Gasteiger partial charge in [-0.05, 0) is 31.4 Å². The lowest BCUT2D eigenvalue weighted by atomic mass is 9.84. The van der Waals surface area contributed by atoms with Gasteiger partial charge >= 0.3 is 5.97 Å². The maximum absolute atomic E-state index is 11.5. The Morgan fingerprint density at radius 2 is 1.57 bits per heavy atom. The van der Waals surface area contributed by atoms with Crippen LogP contribution >= 0.6 is 0 Å². The smallest absolute Gasteiger partial charge is 0.302 e. The second-order valence-corrected chi connectivity index (χ2v) is 7.63. The highest BCUT2D eigenvalue weighted by molar-refractivity contribution is 5.66. The fourth-order valence-corrected chi connectivity index (χ4v) is 3.33. The molecule has 1 N–H and O–H groups in total. The van der Waals surface area contributed by atoms with Gasteiger partial charge in [0.05, 0.1) is 18.8 Å². The highest BCUT2D eigenvalue weighted by atomic mass is 16.6. The van der Waals surface area contributed by atoms with Crippen LogP contribution in [-0.4, -0.2) is 35.0 Å². The normalized spacial score (nSPS) is 13.9. The first-order chi connectivity index (χ1) is 13.3. The van der Waals surface area contributed by atoms with Crippen molar-refractivity contribution in [3.63, 3.8) is 0 Å². The average Bonchev–Trinajstić information content (AvgIpc) is 2.70. The minimum absolute atomic E-state index is 0.0570. The number of hydrogen-bond donors (Lipinski definition) is 1. The second kappa shape index (κ2) is 9.82. The third kappa shape index (κ3) is 5.41. The van der Waals surface area contributed by atoms with Gasteiger partial charge in [-0.25, -0.2) is 0 Å². The Hall–Kier alpha value is -2.21. The largest absolute Gasteiger partial charge is 0.463 e. The van der Waals surface area contributed by atoms with Crippen LogP contribution < -0.4 is 0 Å². The third-order valence-corrected chi connectivity index (χ3v) is 4.96. The summed E-state index contributed by atoms with van der Waals surface area (Å²) in [5.41, 5.74) is 0.387. The predicted molar refractivity (Wildman–Crippen MR) is 109 cm³/mol. The SMILES string of the molecule is CCC(COC(C)=O)(c1ccccc1)N(O)C(C)(C)COCc1ccccc1. The van der Waals surface area contributed by atoms with Crippen LogP contribution in [0.5, 0.6) is 0 Å². The van der Waals surface area contributed by atoms with Crippen molar-refractivity contribution in [2.45, 2.75) is 51.8 Å². The molecule has 28 heavy (non-hydrogen) atoms. The molecule has 2 aromatic carbocycles. The van der Waals surface area contributed by atoms with Gasteiger partial charge in [0.2, 0.25) is 0 Å². The maximum Gasteiger partial charge on any atom is 0.302 e. The van der Waals surface area contributed by atoms with Crippen LogP contribution in [0.1, 0.15) is 45.2 Å². The van der Waals surface area contributed by atoms with Crippen molar-refractivity contribution in [3.05, 3.63) is 71.8 Å². The summed E-state index contributed by atoms with van der Waals surface area (Å²) in [6.07, 6.45) is 0.558. The van der Waals surface area contributed by atoms with Gasteiger partial charge in [-0.1, -0.05) is 67.6 Å². The van der Waals surface area contributed by atoms with E-state index >= 15 is 0 Å². The van der Waals surface area contributed by atoms with Crippen molar-refractivity contribution in [2.24, 2.45) is 0 Å². The Bertz CT molecular complexity index is 733. The number of benzene rings is 2. The molecule has 0 aromatic heterocycles. The lowest BCUT2D eigenvalue weighted by Gasteiger charge is -2.47. The summed E-state index contributed by atoms with van der Waals surface area (Å²) in [4.78, 5) is 11.5. The molecule has 0 bridgehead atoms. The lowest BCUT2D eigenvalue weighted by molar-refractivity contribution is -0.261. The minimum Gasteiger partial charge on any atom is -0.463 e. The van der Waals surface area contributed by atoms with E-state index in [0.29, 0.717) is 19.6 Å². The molecule has 0 spiro atoms. The average molecular weight is 386 g/mol. The lowest BCUT2D eigenvalue weighted by Crippen LogP contribution is -2.58. The van der Waals surface area contributed by atoms with Crippen LogP contribution in [0, 0.1) is 0 Å². The number of hydrogen-bond acceptors (Lipinski definition) is 5. The van der Waals surface area contributed by atoms with Crippen LogP contribution in [0.4, 0.5) is 0 Å². The second-order valence-electron chi connectivity index (χ2n) is 7.63. The number of carbonyl (C=O) groups excluding carboxylic acids is 1. The summed E-state index contributed by atoms with van der Waals surface area (Å²) in [7, 11) is 0. The standard InChI is InChI=1S/C23H31NO4/c1-5-23(18-28-19(2)25,21-14-10-7-11-15-21)24(26)22(3,4)17-27-16-20-12-8-6-9-13-20/h6-15,26H,5,16-18H2,1-4H3. The molecule has 0 saturated carbocycles. The minimum atomic E-state index is -0.869. The summed E-state index contributed by atoms with van der Waals surface area (Å²) >= 11 is 0. The first-order valence-electron chi connectivity index (χ1n) is 9.61. The van der Waals surface area contributed by atoms with Gasteiger partial charge in [0, 0.05) is 6.92 Å². The molecule has 5 nitrogen and oxygen atoms in total. The quantitative estimate of drug-likeness (QED) is 0.481. The van der Waals surface area contributed by atoms with Gasteiger partial charge in [0.25, 0.3) is 0 Å². The Balaban J connectivity index is 2.21. The fourth-order valence-electron chi connectivity index (χ4n) is 3.33. The number of ether oxygens (including phenoxy) is 2. The molecule has 0 saturated heterocycles. The monoisotopic (exact) mass is 385 g/mol. The van der Waals surface area contributed by atoms with Crippen LogP contribution in [0.15, 0.2) is 60.7 Å². The molecule has 2 rings (SSSR count). The number of carbonyl (C=O) groups is 1. The van der Waals surface area contributed by atoms with Crippen LogP contribution in [0.25, 0.3) is 0 Å². The highest BCUT2D eigenvalue weighted by Gasteiger charge is 2.45. The van der Waals surface area contributed by atoms with E-state index < -0.39 is 11.1 Å². The molecular formula is C23H31NO4. The zero-order valence-corrected chi connectivity index (χ0v) is 17.2. The van der Waals surface area contributed by atoms with E-state index in [2.05, 4.69) is 0 Å². The molecule has 0 fully saturated rings. The van der Waals surface area contributed by atoms with Crippen molar-refractivity contribution in [3.8, 4) is 0 Å². The van der Waals surface area contributed by atoms with Crippen LogP contribution in [-0.2, 0) is 26.4 Å². The molecule has 0 heterocycles. The summed E-state index contributed by atoms with van der Waals surface area (Å²) in [5, 5.41) is 12.6. The van der Waals surface area contributed by atoms with Gasteiger partial charge in [-0.15, -0.1) is 0 Å². The van der Waals surface area contributed by atoms with E-state index in [1.165, 1.54) is 12.0 Å². The van der Waals surface area contributed by atoms with Crippen molar-refractivity contribution < 1.29 is 19.5 Å². The summed E-state index contributed by atoms with van der Waals surface area (Å²) in [6.45, 7) is 8.01. The summed E-state index contributed by atoms with van der Waals surface area (Å²) < 4.78 is 11.3. The van der Waals surface area contributed by atoms with Crippen molar-refractivity contribution in [1.82, 2.24) is 5.06 Å². The van der Waals surface area contributed by atoms with Gasteiger partial charge in [0.1, 0.15) is 12.1 Å². The highest BCUT2D eigenvalue weighted by Crippen LogP contribution is 2.36. The third-order valence-electron chi connectivity index (χ3n) is 4.96. The Labute approximate surface area is 167 Å². The van der Waals surface area contributed by atoms with E-state index in [0.717, 1.165) is 11.1 Å². The fraction of sp³-hybridized carbons (Fsp3) is 0.435. The molecule has 0 radical (unpaired) electrons. The summed E-state index contributed by atoms with van der Waals surface area (Å²) in [5.74, 6) is -0.375. The van der Waals surface area contributed by atoms with E-state index in [9.17, 15) is 10.0 Å². The predicted octanol–water partition coefficient (Wildman–Crippen LogP) is 4.54. The van der Waals surface area contributed by atoms with Crippen molar-refractivity contribution in [1.29, 1.82) is 0 Å². The number of hydroxylamine groups is 2. The first-order valence-corrected chi connectivity index (χ1v) is 9.61. The maximum atomic E-state index is 11.5. The van der Waals surface area contributed by atoms with Crippen molar-refractivity contribution in [2.75, 3.05) is 13.2 Å². The molecule has 1 atom stereocenters. The van der Waals surface area contributed by atoms with Gasteiger partial charge in [-0.2, -0.15) is 5.06 Å². The number of nitrogens with zero attached hydrogens (tertiary/aromatic N) is 1. The molecule has 0 aliphatic heterocycles. The topological polar surface area (TPSA) is 59.0 Å². The van der Waals surface area contributed by atoms with Gasteiger partial charge < -0.3 is 14.7 Å². The molecular weight excluding hydrogens is 354 g/mol. The molecule has 5 heteroatoms. The Morgan fingerprint density at radius 3 is 2.11 bits per heavy atom. The van der Waals surface area contributed by atoms with E-state index in [1.807, 2.05) is 81.4 Å². The van der Waals surface area contributed by atoms with E-state index in [4.69, 9.17) is 9.47 Å². The molecule has 0 aliphatic rings. The van der Waals surface area contributed by atoms with Crippen LogP contribution in [0.2, 0.25) is 0 Å². The van der Waals surface area contributed by atoms with Crippen LogP contribution in [0.3, 0.4) is 0 Å². The van der Waals surface area contributed by atoms with Gasteiger partial charge in [0.15, 0.2) is 0 Å². The summed E-state index contributed by atoms with van der Waals surface area (Å²) in [6, 6.07) is 19.6. The van der Waals surface area contributed by atoms with Crippen molar-refractivity contribution >= 4 is 5.97 Å². The molecule has 2 aromatic rings.